The molecule has 1 aromatic carbocycles. The Morgan fingerprint density at radius 3 is 2.83 bits per heavy atom. The van der Waals surface area contributed by atoms with E-state index in [1.165, 1.54) is 13.2 Å². The van der Waals surface area contributed by atoms with Crippen molar-refractivity contribution in [3.8, 4) is 5.75 Å². The van der Waals surface area contributed by atoms with E-state index in [-0.39, 0.29) is 30.1 Å². The first-order valence-corrected chi connectivity index (χ1v) is 10.2. The quantitative estimate of drug-likeness (QED) is 0.662. The van der Waals surface area contributed by atoms with E-state index in [1.807, 2.05) is 25.1 Å². The number of aromatic nitrogens is 1. The lowest BCUT2D eigenvalue weighted by molar-refractivity contribution is -0.123. The second-order valence-corrected chi connectivity index (χ2v) is 7.96. The number of benzene rings is 1. The van der Waals surface area contributed by atoms with Crippen LogP contribution in [0.2, 0.25) is 0 Å². The largest absolute Gasteiger partial charge is 0.497 e. The number of methoxy groups -OCH3 is 1. The van der Waals surface area contributed by atoms with Crippen LogP contribution in [0, 0.1) is 5.82 Å². The molecule has 2 aromatic rings. The topological polar surface area (TPSA) is 80.3 Å². The van der Waals surface area contributed by atoms with E-state index < -0.39 is 5.54 Å². The second kappa shape index (κ2) is 9.69. The standard InChI is InChI=1S/C23H28FN3O3/c1-16(13-18-5-3-4-12-25-18)26-21(28)8-10-23(11-9-22(29)27-23)15-17-6-7-19(30-2)14-20(17)24/h3-7,12,14,16H,8-11,13,15H2,1-2H3,(H,26,28)(H,27,29)/t16-,23-/m1/s1. The van der Waals surface area contributed by atoms with Crippen LogP contribution in [0.1, 0.15) is 43.9 Å². The fraction of sp³-hybridized carbons (Fsp3) is 0.435. The van der Waals surface area contributed by atoms with Gasteiger partial charge in [0.25, 0.3) is 0 Å². The molecule has 2 heterocycles. The van der Waals surface area contributed by atoms with Gasteiger partial charge in [-0.2, -0.15) is 0 Å². The molecule has 1 aliphatic rings. The number of rotatable bonds is 9. The first kappa shape index (κ1) is 21.7. The number of carbonyl (C=O) groups excluding carboxylic acids is 2. The average molecular weight is 413 g/mol. The van der Waals surface area contributed by atoms with E-state index in [9.17, 15) is 14.0 Å². The van der Waals surface area contributed by atoms with E-state index in [0.29, 0.717) is 43.4 Å². The minimum atomic E-state index is -0.617. The molecule has 1 saturated heterocycles. The lowest BCUT2D eigenvalue weighted by Crippen LogP contribution is -2.45. The van der Waals surface area contributed by atoms with Gasteiger partial charge in [0.15, 0.2) is 0 Å². The zero-order valence-electron chi connectivity index (χ0n) is 17.4. The molecule has 1 aromatic heterocycles. The summed E-state index contributed by atoms with van der Waals surface area (Å²) in [5.74, 6) is -0.0765. The van der Waals surface area contributed by atoms with Crippen LogP contribution in [0.4, 0.5) is 4.39 Å². The van der Waals surface area contributed by atoms with Crippen LogP contribution in [0.25, 0.3) is 0 Å². The summed E-state index contributed by atoms with van der Waals surface area (Å²) in [5, 5.41) is 5.98. The molecule has 2 amide bonds. The Labute approximate surface area is 176 Å². The molecule has 0 spiro atoms. The Hall–Kier alpha value is -2.96. The minimum Gasteiger partial charge on any atom is -0.497 e. The molecule has 0 radical (unpaired) electrons. The van der Waals surface area contributed by atoms with Crippen molar-refractivity contribution in [2.75, 3.05) is 7.11 Å². The van der Waals surface area contributed by atoms with E-state index >= 15 is 0 Å². The third-order valence-electron chi connectivity index (χ3n) is 5.50. The van der Waals surface area contributed by atoms with Crippen LogP contribution >= 0.6 is 0 Å². The highest BCUT2D eigenvalue weighted by atomic mass is 19.1. The van der Waals surface area contributed by atoms with Crippen LogP contribution in [0.15, 0.2) is 42.6 Å². The van der Waals surface area contributed by atoms with Crippen LogP contribution in [-0.2, 0) is 22.4 Å². The first-order valence-electron chi connectivity index (χ1n) is 10.2. The number of carbonyl (C=O) groups is 2. The fourth-order valence-corrected chi connectivity index (χ4v) is 3.93. The number of ether oxygens (including phenoxy) is 1. The molecular formula is C23H28FN3O3. The average Bonchev–Trinajstić information content (AvgIpc) is 3.09. The Balaban J connectivity index is 1.59. The third kappa shape index (κ3) is 5.78. The van der Waals surface area contributed by atoms with Gasteiger partial charge < -0.3 is 15.4 Å². The normalized spacial score (nSPS) is 19.2. The zero-order chi connectivity index (χ0) is 21.6. The van der Waals surface area contributed by atoms with Crippen molar-refractivity contribution in [3.05, 3.63) is 59.7 Å². The molecule has 7 heteroatoms. The van der Waals surface area contributed by atoms with Gasteiger partial charge in [-0.1, -0.05) is 12.1 Å². The summed E-state index contributed by atoms with van der Waals surface area (Å²) in [6, 6.07) is 10.4. The van der Waals surface area contributed by atoms with E-state index in [4.69, 9.17) is 4.74 Å². The molecule has 0 unspecified atom stereocenters. The van der Waals surface area contributed by atoms with Crippen LogP contribution in [-0.4, -0.2) is 35.5 Å². The van der Waals surface area contributed by atoms with Crippen molar-refractivity contribution in [2.45, 2.75) is 57.0 Å². The second-order valence-electron chi connectivity index (χ2n) is 7.96. The third-order valence-corrected chi connectivity index (χ3v) is 5.50. The van der Waals surface area contributed by atoms with Gasteiger partial charge in [-0.3, -0.25) is 14.6 Å². The maximum Gasteiger partial charge on any atom is 0.220 e. The van der Waals surface area contributed by atoms with Gasteiger partial charge in [-0.05, 0) is 49.9 Å². The number of amides is 2. The maximum absolute atomic E-state index is 14.5. The van der Waals surface area contributed by atoms with Crippen molar-refractivity contribution in [3.63, 3.8) is 0 Å². The van der Waals surface area contributed by atoms with E-state index in [0.717, 1.165) is 5.69 Å². The van der Waals surface area contributed by atoms with Gasteiger partial charge in [0.05, 0.1) is 7.11 Å². The predicted octanol–water partition coefficient (Wildman–Crippen LogP) is 2.95. The summed E-state index contributed by atoms with van der Waals surface area (Å²) in [5.41, 5.74) is 0.801. The number of hydrogen-bond acceptors (Lipinski definition) is 4. The van der Waals surface area contributed by atoms with E-state index in [2.05, 4.69) is 15.6 Å². The first-order chi connectivity index (χ1) is 14.4. The van der Waals surface area contributed by atoms with Crippen molar-refractivity contribution in [2.24, 2.45) is 0 Å². The number of halogens is 1. The fourth-order valence-electron chi connectivity index (χ4n) is 3.93. The van der Waals surface area contributed by atoms with Gasteiger partial charge in [0, 0.05) is 48.8 Å². The molecular weight excluding hydrogens is 385 g/mol. The van der Waals surface area contributed by atoms with Gasteiger partial charge in [-0.25, -0.2) is 4.39 Å². The van der Waals surface area contributed by atoms with Crippen molar-refractivity contribution < 1.29 is 18.7 Å². The molecule has 6 nitrogen and oxygen atoms in total. The molecule has 1 aliphatic heterocycles. The van der Waals surface area contributed by atoms with Crippen LogP contribution < -0.4 is 15.4 Å². The van der Waals surface area contributed by atoms with Gasteiger partial charge >= 0.3 is 0 Å². The highest BCUT2D eigenvalue weighted by Crippen LogP contribution is 2.31. The van der Waals surface area contributed by atoms with Crippen molar-refractivity contribution >= 4 is 11.8 Å². The van der Waals surface area contributed by atoms with Gasteiger partial charge in [0.1, 0.15) is 11.6 Å². The molecule has 1 fully saturated rings. The maximum atomic E-state index is 14.5. The predicted molar refractivity (Wildman–Crippen MR) is 112 cm³/mol. The lowest BCUT2D eigenvalue weighted by Gasteiger charge is -2.30. The summed E-state index contributed by atoms with van der Waals surface area (Å²) < 4.78 is 19.5. The summed E-state index contributed by atoms with van der Waals surface area (Å²) in [7, 11) is 1.49. The Morgan fingerprint density at radius 1 is 1.37 bits per heavy atom. The Bertz CT molecular complexity index is 891. The SMILES string of the molecule is COc1ccc(C[C@@]2(CCC(=O)N[C@H](C)Cc3ccccn3)CCC(=O)N2)c(F)c1. The Kier molecular flexibility index (Phi) is 7.03. The van der Waals surface area contributed by atoms with Crippen molar-refractivity contribution in [1.29, 1.82) is 0 Å². The zero-order valence-corrected chi connectivity index (χ0v) is 17.4. The molecule has 30 heavy (non-hydrogen) atoms. The highest BCUT2D eigenvalue weighted by Gasteiger charge is 2.38. The van der Waals surface area contributed by atoms with Crippen molar-refractivity contribution in [1.82, 2.24) is 15.6 Å². The minimum absolute atomic E-state index is 0.0550. The van der Waals surface area contributed by atoms with Gasteiger partial charge in [-0.15, -0.1) is 0 Å². The molecule has 160 valence electrons. The molecule has 2 N–H and O–H groups in total. The number of hydrogen-bond donors (Lipinski definition) is 2. The monoisotopic (exact) mass is 413 g/mol. The molecule has 2 atom stereocenters. The Morgan fingerprint density at radius 2 is 2.20 bits per heavy atom. The van der Waals surface area contributed by atoms with Gasteiger partial charge in [0.2, 0.25) is 11.8 Å². The molecule has 0 bridgehead atoms. The highest BCUT2D eigenvalue weighted by molar-refractivity contribution is 5.80. The van der Waals surface area contributed by atoms with Crippen LogP contribution in [0.5, 0.6) is 5.75 Å². The smallest absolute Gasteiger partial charge is 0.220 e. The van der Waals surface area contributed by atoms with E-state index in [1.54, 1.807) is 18.3 Å². The molecule has 0 saturated carbocycles. The number of nitrogens with zero attached hydrogens (tertiary/aromatic N) is 1. The summed E-state index contributed by atoms with van der Waals surface area (Å²) in [6.07, 6.45) is 4.38. The summed E-state index contributed by atoms with van der Waals surface area (Å²) in [4.78, 5) is 28.7. The molecule has 3 rings (SSSR count). The number of nitrogens with one attached hydrogen (secondary N) is 2. The summed E-state index contributed by atoms with van der Waals surface area (Å²) >= 11 is 0. The van der Waals surface area contributed by atoms with Crippen LogP contribution in [0.3, 0.4) is 0 Å². The lowest BCUT2D eigenvalue weighted by atomic mass is 9.84. The molecule has 0 aliphatic carbocycles. The summed E-state index contributed by atoms with van der Waals surface area (Å²) in [6.45, 7) is 1.94. The number of pyridine rings is 1.